The van der Waals surface area contributed by atoms with E-state index in [0.29, 0.717) is 11.3 Å². The van der Waals surface area contributed by atoms with Crippen LogP contribution in [-0.4, -0.2) is 21.9 Å². The van der Waals surface area contributed by atoms with Crippen molar-refractivity contribution in [2.24, 2.45) is 0 Å². The first-order valence-corrected chi connectivity index (χ1v) is 8.79. The minimum Gasteiger partial charge on any atom is -0.467 e. The van der Waals surface area contributed by atoms with Crippen LogP contribution in [0, 0.1) is 5.82 Å². The first-order valence-electron chi connectivity index (χ1n) is 8.79. The Morgan fingerprint density at radius 2 is 2.03 bits per heavy atom. The Morgan fingerprint density at radius 3 is 2.69 bits per heavy atom. The second-order valence-corrected chi connectivity index (χ2v) is 6.67. The van der Waals surface area contributed by atoms with Gasteiger partial charge in [-0.2, -0.15) is 18.3 Å². The van der Waals surface area contributed by atoms with E-state index in [1.54, 1.807) is 12.1 Å². The molecule has 0 radical (unpaired) electrons. The fraction of sp³-hybridized carbons (Fsp3) is 0.263. The van der Waals surface area contributed by atoms with Gasteiger partial charge in [0.15, 0.2) is 6.04 Å². The number of hydrogen-bond acceptors (Lipinski definition) is 4. The zero-order chi connectivity index (χ0) is 20.6. The Kier molecular flexibility index (Phi) is 4.77. The van der Waals surface area contributed by atoms with Gasteiger partial charge in [-0.3, -0.25) is 4.79 Å². The maximum atomic E-state index is 13.6. The molecule has 0 fully saturated rings. The predicted molar refractivity (Wildman–Crippen MR) is 94.6 cm³/mol. The van der Waals surface area contributed by atoms with Gasteiger partial charge < -0.3 is 15.1 Å². The van der Waals surface area contributed by atoms with E-state index in [4.69, 9.17) is 4.42 Å². The lowest BCUT2D eigenvalue weighted by molar-refractivity contribution is -0.174. The first kappa shape index (κ1) is 19.0. The zero-order valence-electron chi connectivity index (χ0n) is 14.9. The lowest BCUT2D eigenvalue weighted by Gasteiger charge is -2.32. The molecule has 2 aromatic heterocycles. The number of carbonyl (C=O) groups is 1. The number of nitrogens with zero attached hydrogens (tertiary/aromatic N) is 2. The summed E-state index contributed by atoms with van der Waals surface area (Å²) in [6.07, 6.45) is -2.38. The number of halogens is 4. The Labute approximate surface area is 162 Å². The van der Waals surface area contributed by atoms with Gasteiger partial charge >= 0.3 is 6.18 Å². The van der Waals surface area contributed by atoms with Crippen LogP contribution in [0.5, 0.6) is 0 Å². The van der Waals surface area contributed by atoms with Gasteiger partial charge in [0, 0.05) is 13.0 Å². The van der Waals surface area contributed by atoms with E-state index in [-0.39, 0.29) is 24.3 Å². The van der Waals surface area contributed by atoms with Gasteiger partial charge in [0.1, 0.15) is 23.0 Å². The molecule has 29 heavy (non-hydrogen) atoms. The number of benzene rings is 1. The summed E-state index contributed by atoms with van der Waals surface area (Å²) in [5.41, 5.74) is 0.632. The Hall–Kier alpha value is -3.30. The average molecular weight is 408 g/mol. The van der Waals surface area contributed by atoms with E-state index in [0.717, 1.165) is 10.9 Å². The highest BCUT2D eigenvalue weighted by Crippen LogP contribution is 2.44. The lowest BCUT2D eigenvalue weighted by Crippen LogP contribution is -2.36. The highest BCUT2D eigenvalue weighted by Gasteiger charge is 2.47. The first-order chi connectivity index (χ1) is 13.8. The van der Waals surface area contributed by atoms with E-state index in [1.165, 1.54) is 30.5 Å². The van der Waals surface area contributed by atoms with Crippen LogP contribution < -0.4 is 10.6 Å². The van der Waals surface area contributed by atoms with Gasteiger partial charge in [-0.15, -0.1) is 0 Å². The van der Waals surface area contributed by atoms with Crippen molar-refractivity contribution < 1.29 is 26.8 Å². The van der Waals surface area contributed by atoms with Gasteiger partial charge in [-0.05, 0) is 29.8 Å². The summed E-state index contributed by atoms with van der Waals surface area (Å²) in [7, 11) is 0. The van der Waals surface area contributed by atoms with Crippen LogP contribution in [0.15, 0.2) is 53.3 Å². The van der Waals surface area contributed by atoms with Crippen LogP contribution in [0.25, 0.3) is 0 Å². The fourth-order valence-electron chi connectivity index (χ4n) is 3.28. The van der Waals surface area contributed by atoms with Crippen LogP contribution in [-0.2, 0) is 6.54 Å². The third-order valence-corrected chi connectivity index (χ3v) is 4.74. The number of nitrogens with one attached hydrogen (secondary N) is 2. The van der Waals surface area contributed by atoms with Crippen LogP contribution in [0.2, 0.25) is 0 Å². The molecular formula is C19H16F4N4O2. The molecule has 3 heterocycles. The van der Waals surface area contributed by atoms with Crippen LogP contribution >= 0.6 is 0 Å². The van der Waals surface area contributed by atoms with Gasteiger partial charge in [0.25, 0.3) is 5.91 Å². The molecule has 1 aliphatic heterocycles. The van der Waals surface area contributed by atoms with Crippen molar-refractivity contribution in [2.45, 2.75) is 31.2 Å². The predicted octanol–water partition coefficient (Wildman–Crippen LogP) is 4.21. The van der Waals surface area contributed by atoms with Crippen molar-refractivity contribution in [3.63, 3.8) is 0 Å². The summed E-state index contributed by atoms with van der Waals surface area (Å²) in [6, 6.07) is 6.03. The molecule has 2 atom stereocenters. The molecule has 152 valence electrons. The maximum absolute atomic E-state index is 13.6. The van der Waals surface area contributed by atoms with Crippen LogP contribution in [0.1, 0.15) is 40.2 Å². The summed E-state index contributed by atoms with van der Waals surface area (Å²) < 4.78 is 59.8. The second-order valence-electron chi connectivity index (χ2n) is 6.67. The summed E-state index contributed by atoms with van der Waals surface area (Å²) >= 11 is 0. The number of amides is 1. The second kappa shape index (κ2) is 7.26. The minimum atomic E-state index is -4.55. The standard InChI is InChI=1S/C19H16F4N4O2/c20-12-5-3-11(4-6-12)9-24-18(28)13-10-25-27-16(19(21,22)23)8-14(26-17(13)27)15-2-1-7-29-15/h1-7,10,14,16,26H,8-9H2,(H,24,28). The van der Waals surface area contributed by atoms with Crippen molar-refractivity contribution >= 4 is 11.7 Å². The molecule has 4 rings (SSSR count). The molecule has 0 saturated carbocycles. The van der Waals surface area contributed by atoms with Gasteiger partial charge in [0.2, 0.25) is 0 Å². The number of aromatic nitrogens is 2. The molecule has 1 amide bonds. The number of alkyl halides is 3. The van der Waals surface area contributed by atoms with E-state index in [1.807, 2.05) is 0 Å². The van der Waals surface area contributed by atoms with Crippen molar-refractivity contribution in [3.05, 3.63) is 71.6 Å². The molecule has 6 nitrogen and oxygen atoms in total. The van der Waals surface area contributed by atoms with Crippen molar-refractivity contribution in [3.8, 4) is 0 Å². The topological polar surface area (TPSA) is 72.1 Å². The number of anilines is 1. The smallest absolute Gasteiger partial charge is 0.410 e. The number of furan rings is 1. The quantitative estimate of drug-likeness (QED) is 0.635. The molecule has 1 aromatic carbocycles. The number of hydrogen-bond donors (Lipinski definition) is 2. The summed E-state index contributed by atoms with van der Waals surface area (Å²) in [6.45, 7) is 0.0913. The molecule has 0 aliphatic carbocycles. The molecule has 3 aromatic rings. The van der Waals surface area contributed by atoms with Crippen molar-refractivity contribution in [1.29, 1.82) is 0 Å². The molecule has 0 spiro atoms. The van der Waals surface area contributed by atoms with Crippen molar-refractivity contribution in [1.82, 2.24) is 15.1 Å². The van der Waals surface area contributed by atoms with E-state index < -0.39 is 30.0 Å². The fourth-order valence-corrected chi connectivity index (χ4v) is 3.28. The highest BCUT2D eigenvalue weighted by atomic mass is 19.4. The lowest BCUT2D eigenvalue weighted by atomic mass is 10.0. The SMILES string of the molecule is O=C(NCc1ccc(F)cc1)c1cnn2c1NC(c1ccco1)CC2C(F)(F)F. The number of fused-ring (bicyclic) bond motifs is 1. The van der Waals surface area contributed by atoms with Gasteiger partial charge in [-0.25, -0.2) is 9.07 Å². The zero-order valence-corrected chi connectivity index (χ0v) is 14.9. The summed E-state index contributed by atoms with van der Waals surface area (Å²) in [5.74, 6) is -0.692. The summed E-state index contributed by atoms with van der Waals surface area (Å²) in [4.78, 5) is 12.6. The number of rotatable bonds is 4. The monoisotopic (exact) mass is 408 g/mol. The molecule has 2 N–H and O–H groups in total. The Balaban J connectivity index is 1.59. The highest BCUT2D eigenvalue weighted by molar-refractivity contribution is 5.98. The third kappa shape index (κ3) is 3.82. The van der Waals surface area contributed by atoms with Gasteiger partial charge in [-0.1, -0.05) is 12.1 Å². The molecule has 0 saturated heterocycles. The normalized spacial score (nSPS) is 18.8. The van der Waals surface area contributed by atoms with Crippen molar-refractivity contribution in [2.75, 3.05) is 5.32 Å². The minimum absolute atomic E-state index is 0.0161. The summed E-state index contributed by atoms with van der Waals surface area (Å²) in [5, 5.41) is 9.35. The molecule has 1 aliphatic rings. The van der Waals surface area contributed by atoms with E-state index in [9.17, 15) is 22.4 Å². The third-order valence-electron chi connectivity index (χ3n) is 4.74. The largest absolute Gasteiger partial charge is 0.467 e. The van der Waals surface area contributed by atoms with E-state index >= 15 is 0 Å². The van der Waals surface area contributed by atoms with Gasteiger partial charge in [0.05, 0.1) is 18.5 Å². The molecule has 10 heteroatoms. The van der Waals surface area contributed by atoms with Crippen LogP contribution in [0.3, 0.4) is 0 Å². The Bertz CT molecular complexity index is 996. The number of carbonyl (C=O) groups excluding carboxylic acids is 1. The molecule has 0 bridgehead atoms. The molecular weight excluding hydrogens is 392 g/mol. The Morgan fingerprint density at radius 1 is 1.28 bits per heavy atom. The van der Waals surface area contributed by atoms with Crippen LogP contribution in [0.4, 0.5) is 23.4 Å². The molecule has 2 unspecified atom stereocenters. The maximum Gasteiger partial charge on any atom is 0.410 e. The average Bonchev–Trinajstić information content (AvgIpc) is 3.35. The van der Waals surface area contributed by atoms with E-state index in [2.05, 4.69) is 15.7 Å².